The fraction of sp³-hybridized carbons (Fsp3) is 0.333. The van der Waals surface area contributed by atoms with Crippen LogP contribution in [0.15, 0.2) is 23.1 Å². The number of hydrogen-bond donors (Lipinski definition) is 1. The summed E-state index contributed by atoms with van der Waals surface area (Å²) in [5.74, 6) is 0.0836. The molecule has 1 rings (SSSR count). The van der Waals surface area contributed by atoms with E-state index in [1.54, 1.807) is 25.1 Å². The number of hydrogen-bond acceptors (Lipinski definition) is 3. The second-order valence-corrected chi connectivity index (χ2v) is 5.19. The highest BCUT2D eigenvalue weighted by atomic mass is 32.2. The molecule has 0 spiro atoms. The Hall–Kier alpha value is -1.03. The van der Waals surface area contributed by atoms with E-state index in [9.17, 15) is 8.42 Å². The number of rotatable bonds is 2. The minimum absolute atomic E-state index is 0.0836. The second kappa shape index (κ2) is 3.38. The van der Waals surface area contributed by atoms with Crippen LogP contribution in [0, 0.1) is 6.92 Å². The van der Waals surface area contributed by atoms with E-state index >= 15 is 0 Å². The van der Waals surface area contributed by atoms with Gasteiger partial charge in [-0.15, -0.1) is 0 Å². The average molecular weight is 199 g/mol. The lowest BCUT2D eigenvalue weighted by molar-refractivity contribution is 0.597. The summed E-state index contributed by atoms with van der Waals surface area (Å²) < 4.78 is 22.9. The monoisotopic (exact) mass is 199 g/mol. The van der Waals surface area contributed by atoms with Crippen molar-refractivity contribution < 1.29 is 8.42 Å². The van der Waals surface area contributed by atoms with Crippen LogP contribution < -0.4 is 5.73 Å². The fourth-order valence-corrected chi connectivity index (χ4v) is 2.11. The van der Waals surface area contributed by atoms with Gasteiger partial charge in [0.05, 0.1) is 16.3 Å². The third-order valence-corrected chi connectivity index (χ3v) is 3.68. The molecule has 4 heteroatoms. The molecule has 0 atom stereocenters. The van der Waals surface area contributed by atoms with Crippen molar-refractivity contribution >= 4 is 15.5 Å². The van der Waals surface area contributed by atoms with Crippen molar-refractivity contribution in [3.8, 4) is 0 Å². The lowest BCUT2D eigenvalue weighted by Crippen LogP contribution is -2.07. The molecule has 0 radical (unpaired) electrons. The van der Waals surface area contributed by atoms with E-state index in [0.29, 0.717) is 5.69 Å². The summed E-state index contributed by atoms with van der Waals surface area (Å²) in [6.45, 7) is 3.48. The van der Waals surface area contributed by atoms with E-state index in [4.69, 9.17) is 5.73 Å². The molecular formula is C9H13NO2S. The van der Waals surface area contributed by atoms with Gasteiger partial charge in [0.2, 0.25) is 0 Å². The van der Waals surface area contributed by atoms with Crippen LogP contribution in [-0.4, -0.2) is 14.2 Å². The van der Waals surface area contributed by atoms with Gasteiger partial charge in [-0.1, -0.05) is 13.0 Å². The molecule has 0 aliphatic heterocycles. The summed E-state index contributed by atoms with van der Waals surface area (Å²) in [6.07, 6.45) is 0. The first-order chi connectivity index (χ1) is 5.97. The SMILES string of the molecule is CCS(=O)(=O)c1ccc(C)cc1N. The molecule has 0 aliphatic rings. The fourth-order valence-electron chi connectivity index (χ4n) is 1.11. The predicted molar refractivity (Wildman–Crippen MR) is 53.3 cm³/mol. The molecule has 72 valence electrons. The second-order valence-electron chi connectivity index (χ2n) is 2.94. The van der Waals surface area contributed by atoms with E-state index in [1.807, 2.05) is 6.92 Å². The van der Waals surface area contributed by atoms with Gasteiger partial charge >= 0.3 is 0 Å². The van der Waals surface area contributed by atoms with Gasteiger partial charge in [0, 0.05) is 0 Å². The number of aryl methyl sites for hydroxylation is 1. The van der Waals surface area contributed by atoms with Gasteiger partial charge in [-0.2, -0.15) is 0 Å². The lowest BCUT2D eigenvalue weighted by Gasteiger charge is -2.05. The standard InChI is InChI=1S/C9H13NO2S/c1-3-13(11,12)9-5-4-7(2)6-8(9)10/h4-6H,3,10H2,1-2H3. The zero-order chi connectivity index (χ0) is 10.1. The Labute approximate surface area is 78.5 Å². The van der Waals surface area contributed by atoms with Crippen molar-refractivity contribution in [1.82, 2.24) is 0 Å². The Morgan fingerprint density at radius 3 is 2.46 bits per heavy atom. The molecule has 0 amide bonds. The highest BCUT2D eigenvalue weighted by Crippen LogP contribution is 2.20. The first-order valence-corrected chi connectivity index (χ1v) is 5.71. The first-order valence-electron chi connectivity index (χ1n) is 4.06. The zero-order valence-corrected chi connectivity index (χ0v) is 8.56. The van der Waals surface area contributed by atoms with Crippen molar-refractivity contribution in [3.63, 3.8) is 0 Å². The summed E-state index contributed by atoms with van der Waals surface area (Å²) in [6, 6.07) is 4.98. The Kier molecular flexibility index (Phi) is 2.61. The summed E-state index contributed by atoms with van der Waals surface area (Å²) >= 11 is 0. The molecule has 0 saturated carbocycles. The first kappa shape index (κ1) is 10.1. The molecule has 2 N–H and O–H groups in total. The highest BCUT2D eigenvalue weighted by Gasteiger charge is 2.14. The van der Waals surface area contributed by atoms with Crippen molar-refractivity contribution in [2.45, 2.75) is 18.7 Å². The smallest absolute Gasteiger partial charge is 0.180 e. The number of sulfone groups is 1. The number of nitrogen functional groups attached to an aromatic ring is 1. The van der Waals surface area contributed by atoms with Gasteiger partial charge < -0.3 is 5.73 Å². The van der Waals surface area contributed by atoms with Crippen molar-refractivity contribution in [2.24, 2.45) is 0 Å². The molecule has 0 heterocycles. The van der Waals surface area contributed by atoms with Crippen LogP contribution in [0.4, 0.5) is 5.69 Å². The van der Waals surface area contributed by atoms with E-state index in [-0.39, 0.29) is 10.6 Å². The normalized spacial score (nSPS) is 11.5. The number of benzene rings is 1. The highest BCUT2D eigenvalue weighted by molar-refractivity contribution is 7.91. The molecule has 0 aliphatic carbocycles. The molecule has 1 aromatic carbocycles. The third kappa shape index (κ3) is 2.01. The van der Waals surface area contributed by atoms with E-state index in [2.05, 4.69) is 0 Å². The summed E-state index contributed by atoms with van der Waals surface area (Å²) in [7, 11) is -3.17. The van der Waals surface area contributed by atoms with Crippen molar-refractivity contribution in [3.05, 3.63) is 23.8 Å². The average Bonchev–Trinajstić information content (AvgIpc) is 2.03. The van der Waals surface area contributed by atoms with Crippen molar-refractivity contribution in [1.29, 1.82) is 0 Å². The minimum atomic E-state index is -3.17. The van der Waals surface area contributed by atoms with Gasteiger partial charge in [-0.3, -0.25) is 0 Å². The maximum absolute atomic E-state index is 11.5. The van der Waals surface area contributed by atoms with Crippen molar-refractivity contribution in [2.75, 3.05) is 11.5 Å². The van der Waals surface area contributed by atoms with Crippen LogP contribution >= 0.6 is 0 Å². The van der Waals surface area contributed by atoms with Crippen LogP contribution in [0.25, 0.3) is 0 Å². The van der Waals surface area contributed by atoms with E-state index in [1.165, 1.54) is 0 Å². The van der Waals surface area contributed by atoms with Gasteiger partial charge in [0.15, 0.2) is 9.84 Å². The quantitative estimate of drug-likeness (QED) is 0.732. The van der Waals surface area contributed by atoms with Gasteiger partial charge in [0.25, 0.3) is 0 Å². The van der Waals surface area contributed by atoms with Gasteiger partial charge in [-0.05, 0) is 24.6 Å². The van der Waals surface area contributed by atoms with E-state index in [0.717, 1.165) is 5.56 Å². The molecule has 13 heavy (non-hydrogen) atoms. The number of nitrogens with two attached hydrogens (primary N) is 1. The summed E-state index contributed by atoms with van der Waals surface area (Å²) in [4.78, 5) is 0.237. The molecule has 0 aromatic heterocycles. The number of anilines is 1. The van der Waals surface area contributed by atoms with Crippen LogP contribution in [-0.2, 0) is 9.84 Å². The lowest BCUT2D eigenvalue weighted by atomic mass is 10.2. The topological polar surface area (TPSA) is 60.2 Å². The van der Waals surface area contributed by atoms with Crippen LogP contribution in [0.3, 0.4) is 0 Å². The Bertz CT molecular complexity index is 410. The van der Waals surface area contributed by atoms with Gasteiger partial charge in [-0.25, -0.2) is 8.42 Å². The molecular weight excluding hydrogens is 186 g/mol. The molecule has 3 nitrogen and oxygen atoms in total. The molecule has 0 unspecified atom stereocenters. The van der Waals surface area contributed by atoms with Crippen LogP contribution in [0.5, 0.6) is 0 Å². The largest absolute Gasteiger partial charge is 0.398 e. The molecule has 1 aromatic rings. The Morgan fingerprint density at radius 2 is 2.00 bits per heavy atom. The molecule has 0 saturated heterocycles. The zero-order valence-electron chi connectivity index (χ0n) is 7.74. The van der Waals surface area contributed by atoms with Crippen LogP contribution in [0.1, 0.15) is 12.5 Å². The minimum Gasteiger partial charge on any atom is -0.398 e. The van der Waals surface area contributed by atoms with E-state index < -0.39 is 9.84 Å². The predicted octanol–water partition coefficient (Wildman–Crippen LogP) is 1.37. The maximum Gasteiger partial charge on any atom is 0.180 e. The summed E-state index contributed by atoms with van der Waals surface area (Å²) in [5.41, 5.74) is 6.90. The molecule has 0 fully saturated rings. The third-order valence-electron chi connectivity index (χ3n) is 1.88. The maximum atomic E-state index is 11.5. The Balaban J connectivity index is 3.33. The Morgan fingerprint density at radius 1 is 1.38 bits per heavy atom. The van der Waals surface area contributed by atoms with Crippen LogP contribution in [0.2, 0.25) is 0 Å². The summed E-state index contributed by atoms with van der Waals surface area (Å²) in [5, 5.41) is 0. The van der Waals surface area contributed by atoms with Gasteiger partial charge in [0.1, 0.15) is 0 Å². The molecule has 0 bridgehead atoms.